The maximum atomic E-state index is 13.6. The van der Waals surface area contributed by atoms with Crippen LogP contribution >= 0.6 is 0 Å². The molecule has 0 fully saturated rings. The number of benzene rings is 4. The van der Waals surface area contributed by atoms with E-state index in [0.29, 0.717) is 5.69 Å². The minimum Gasteiger partial charge on any atom is -0.344 e. The van der Waals surface area contributed by atoms with Crippen LogP contribution in [0.1, 0.15) is 28.3 Å². The van der Waals surface area contributed by atoms with E-state index in [1.54, 1.807) is 30.3 Å². The third-order valence-corrected chi connectivity index (χ3v) is 7.76. The zero-order chi connectivity index (χ0) is 24.8. The summed E-state index contributed by atoms with van der Waals surface area (Å²) in [6.07, 6.45) is 0. The summed E-state index contributed by atoms with van der Waals surface area (Å²) in [7, 11) is -3.97. The summed E-state index contributed by atoms with van der Waals surface area (Å²) in [6.45, 7) is 3.54. The molecule has 0 spiro atoms. The number of aryl methyl sites for hydroxylation is 2. The smallest absolute Gasteiger partial charge is 0.264 e. The van der Waals surface area contributed by atoms with Crippen LogP contribution in [0.3, 0.4) is 0 Å². The highest BCUT2D eigenvalue weighted by Gasteiger charge is 2.28. The summed E-state index contributed by atoms with van der Waals surface area (Å²) in [5, 5.41) is 3.05. The third-order valence-electron chi connectivity index (χ3n) is 5.97. The fourth-order valence-corrected chi connectivity index (χ4v) is 5.34. The Hall–Kier alpha value is -3.90. The monoisotopic (exact) mass is 484 g/mol. The van der Waals surface area contributed by atoms with E-state index in [4.69, 9.17) is 0 Å². The Morgan fingerprint density at radius 1 is 0.743 bits per heavy atom. The summed E-state index contributed by atoms with van der Waals surface area (Å²) in [5.74, 6) is -0.402. The number of nitrogens with one attached hydrogen (secondary N) is 1. The van der Waals surface area contributed by atoms with Crippen molar-refractivity contribution in [2.24, 2.45) is 0 Å². The normalized spacial score (nSPS) is 11.3. The molecule has 0 aromatic heterocycles. The second-order valence-electron chi connectivity index (χ2n) is 8.42. The molecule has 0 aliphatic carbocycles. The SMILES string of the molecule is Cc1ccc(N(CC(=O)NC(c2ccccc2)c2ccccc2)S(=O)(=O)c2ccccc2)cc1C. The number of amides is 1. The van der Waals surface area contributed by atoms with Crippen molar-refractivity contribution in [1.82, 2.24) is 5.32 Å². The number of carbonyl (C=O) groups excluding carboxylic acids is 1. The van der Waals surface area contributed by atoms with Gasteiger partial charge in [-0.2, -0.15) is 0 Å². The van der Waals surface area contributed by atoms with Gasteiger partial charge in [0.2, 0.25) is 5.91 Å². The van der Waals surface area contributed by atoms with Gasteiger partial charge < -0.3 is 5.32 Å². The predicted octanol–water partition coefficient (Wildman–Crippen LogP) is 5.40. The Bertz CT molecular complexity index is 1350. The van der Waals surface area contributed by atoms with Gasteiger partial charge in [0.15, 0.2) is 0 Å². The molecule has 35 heavy (non-hydrogen) atoms. The maximum absolute atomic E-state index is 13.6. The van der Waals surface area contributed by atoms with Gasteiger partial charge in [-0.05, 0) is 60.4 Å². The molecule has 0 saturated carbocycles. The van der Waals surface area contributed by atoms with E-state index in [0.717, 1.165) is 22.3 Å². The van der Waals surface area contributed by atoms with Crippen LogP contribution in [0.5, 0.6) is 0 Å². The van der Waals surface area contributed by atoms with E-state index in [9.17, 15) is 13.2 Å². The molecule has 1 amide bonds. The highest BCUT2D eigenvalue weighted by molar-refractivity contribution is 7.92. The molecule has 1 N–H and O–H groups in total. The summed E-state index contributed by atoms with van der Waals surface area (Å²) in [4.78, 5) is 13.5. The standard InChI is InChI=1S/C29H28N2O3S/c1-22-18-19-26(20-23(22)2)31(35(33,34)27-16-10-5-11-17-27)21-28(32)30-29(24-12-6-3-7-13-24)25-14-8-4-9-15-25/h3-20,29H,21H2,1-2H3,(H,30,32). The van der Waals surface area contributed by atoms with E-state index in [2.05, 4.69) is 5.32 Å². The number of anilines is 1. The number of sulfonamides is 1. The lowest BCUT2D eigenvalue weighted by Crippen LogP contribution is -2.42. The zero-order valence-corrected chi connectivity index (χ0v) is 20.6. The first-order valence-corrected chi connectivity index (χ1v) is 12.8. The molecule has 0 saturated heterocycles. The summed E-state index contributed by atoms with van der Waals surface area (Å²) < 4.78 is 28.5. The van der Waals surface area contributed by atoms with Crippen molar-refractivity contribution in [2.75, 3.05) is 10.8 Å². The quantitative estimate of drug-likeness (QED) is 0.364. The van der Waals surface area contributed by atoms with Gasteiger partial charge >= 0.3 is 0 Å². The average Bonchev–Trinajstić information content (AvgIpc) is 2.89. The lowest BCUT2D eigenvalue weighted by Gasteiger charge is -2.26. The first kappa shape index (κ1) is 24.2. The van der Waals surface area contributed by atoms with Gasteiger partial charge in [-0.15, -0.1) is 0 Å². The topological polar surface area (TPSA) is 66.5 Å². The average molecular weight is 485 g/mol. The van der Waals surface area contributed by atoms with E-state index in [1.165, 1.54) is 16.4 Å². The Morgan fingerprint density at radius 3 is 1.77 bits per heavy atom. The van der Waals surface area contributed by atoms with Crippen molar-refractivity contribution in [1.29, 1.82) is 0 Å². The molecule has 0 unspecified atom stereocenters. The van der Waals surface area contributed by atoms with E-state index in [-0.39, 0.29) is 11.4 Å². The largest absolute Gasteiger partial charge is 0.344 e. The Morgan fingerprint density at radius 2 is 1.26 bits per heavy atom. The predicted molar refractivity (Wildman–Crippen MR) is 140 cm³/mol. The van der Waals surface area contributed by atoms with Crippen LogP contribution in [0.4, 0.5) is 5.69 Å². The molecule has 4 aromatic carbocycles. The number of rotatable bonds is 8. The first-order chi connectivity index (χ1) is 16.9. The highest BCUT2D eigenvalue weighted by Crippen LogP contribution is 2.27. The molecule has 0 atom stereocenters. The molecule has 0 radical (unpaired) electrons. The van der Waals surface area contributed by atoms with Crippen molar-refractivity contribution in [3.8, 4) is 0 Å². The third kappa shape index (κ3) is 5.61. The Labute approximate surface area is 207 Å². The fourth-order valence-electron chi connectivity index (χ4n) is 3.90. The molecule has 178 valence electrons. The molecule has 0 heterocycles. The van der Waals surface area contributed by atoms with Gasteiger partial charge in [0.1, 0.15) is 6.54 Å². The molecule has 0 aliphatic heterocycles. The summed E-state index contributed by atoms with van der Waals surface area (Å²) in [5.41, 5.74) is 4.26. The van der Waals surface area contributed by atoms with E-state index >= 15 is 0 Å². The molecule has 0 aliphatic rings. The maximum Gasteiger partial charge on any atom is 0.264 e. The van der Waals surface area contributed by atoms with Crippen LogP contribution in [-0.4, -0.2) is 20.9 Å². The van der Waals surface area contributed by atoms with Crippen LogP contribution in [0.25, 0.3) is 0 Å². The van der Waals surface area contributed by atoms with Crippen molar-refractivity contribution in [3.05, 3.63) is 131 Å². The van der Waals surface area contributed by atoms with Crippen LogP contribution in [0.2, 0.25) is 0 Å². The first-order valence-electron chi connectivity index (χ1n) is 11.4. The minimum atomic E-state index is -3.97. The van der Waals surface area contributed by atoms with Crippen LogP contribution in [-0.2, 0) is 14.8 Å². The molecule has 5 nitrogen and oxygen atoms in total. The molecule has 4 aromatic rings. The zero-order valence-electron chi connectivity index (χ0n) is 19.8. The van der Waals surface area contributed by atoms with Gasteiger partial charge in [-0.3, -0.25) is 9.10 Å². The van der Waals surface area contributed by atoms with Gasteiger partial charge in [0.05, 0.1) is 16.6 Å². The van der Waals surface area contributed by atoms with Gasteiger partial charge in [0.25, 0.3) is 10.0 Å². The molecular formula is C29H28N2O3S. The summed E-state index contributed by atoms with van der Waals surface area (Å²) in [6, 6.07) is 32.5. The van der Waals surface area contributed by atoms with Crippen molar-refractivity contribution in [2.45, 2.75) is 24.8 Å². The Balaban J connectivity index is 1.69. The molecular weight excluding hydrogens is 456 g/mol. The molecule has 0 bridgehead atoms. The van der Waals surface area contributed by atoms with E-state index < -0.39 is 22.0 Å². The lowest BCUT2D eigenvalue weighted by molar-refractivity contribution is -0.120. The fraction of sp³-hybridized carbons (Fsp3) is 0.138. The van der Waals surface area contributed by atoms with Crippen LogP contribution in [0, 0.1) is 13.8 Å². The second-order valence-corrected chi connectivity index (χ2v) is 10.3. The van der Waals surface area contributed by atoms with Crippen LogP contribution in [0.15, 0.2) is 114 Å². The van der Waals surface area contributed by atoms with Crippen molar-refractivity contribution < 1.29 is 13.2 Å². The van der Waals surface area contributed by atoms with Crippen molar-refractivity contribution >= 4 is 21.6 Å². The van der Waals surface area contributed by atoms with Crippen LogP contribution < -0.4 is 9.62 Å². The molecule has 6 heteroatoms. The Kier molecular flexibility index (Phi) is 7.32. The number of nitrogens with zero attached hydrogens (tertiary/aromatic N) is 1. The lowest BCUT2D eigenvalue weighted by atomic mass is 9.99. The summed E-state index contributed by atoms with van der Waals surface area (Å²) >= 11 is 0. The van der Waals surface area contributed by atoms with Gasteiger partial charge in [0, 0.05) is 0 Å². The van der Waals surface area contributed by atoms with Gasteiger partial charge in [-0.25, -0.2) is 8.42 Å². The second kappa shape index (κ2) is 10.6. The van der Waals surface area contributed by atoms with E-state index in [1.807, 2.05) is 80.6 Å². The highest BCUT2D eigenvalue weighted by atomic mass is 32.2. The molecule has 4 rings (SSSR count). The number of carbonyl (C=O) groups is 1. The number of hydrogen-bond acceptors (Lipinski definition) is 3. The minimum absolute atomic E-state index is 0.133. The number of hydrogen-bond donors (Lipinski definition) is 1. The van der Waals surface area contributed by atoms with Crippen molar-refractivity contribution in [3.63, 3.8) is 0 Å². The van der Waals surface area contributed by atoms with Gasteiger partial charge in [-0.1, -0.05) is 84.9 Å².